The number of hydrogen-bond donors (Lipinski definition) is 1. The Balaban J connectivity index is 1.98. The minimum absolute atomic E-state index is 0.0565. The summed E-state index contributed by atoms with van der Waals surface area (Å²) in [4.78, 5) is 6.33. The van der Waals surface area contributed by atoms with Crippen molar-refractivity contribution in [3.63, 3.8) is 0 Å². The van der Waals surface area contributed by atoms with Crippen LogP contribution in [0.5, 0.6) is 0 Å². The molecule has 4 nitrogen and oxygen atoms in total. The van der Waals surface area contributed by atoms with Gasteiger partial charge in [0, 0.05) is 13.1 Å². The van der Waals surface area contributed by atoms with Crippen LogP contribution in [0.1, 0.15) is 38.3 Å². The van der Waals surface area contributed by atoms with Crippen molar-refractivity contribution in [2.45, 2.75) is 45.3 Å². The maximum atomic E-state index is 8.94. The fourth-order valence-corrected chi connectivity index (χ4v) is 2.32. The van der Waals surface area contributed by atoms with Gasteiger partial charge in [0.05, 0.1) is 6.61 Å². The normalized spacial score (nSPS) is 25.7. The van der Waals surface area contributed by atoms with Crippen LogP contribution in [0.2, 0.25) is 0 Å². The summed E-state index contributed by atoms with van der Waals surface area (Å²) in [7, 11) is 2.02. The molecule has 0 amide bonds. The van der Waals surface area contributed by atoms with Crippen LogP contribution in [-0.4, -0.2) is 23.2 Å². The third-order valence-electron chi connectivity index (χ3n) is 3.54. The van der Waals surface area contributed by atoms with Gasteiger partial charge in [-0.15, -0.1) is 0 Å². The Kier molecular flexibility index (Phi) is 3.49. The molecule has 0 unspecified atom stereocenters. The molecule has 1 aliphatic carbocycles. The Labute approximate surface area is 96.3 Å². The summed E-state index contributed by atoms with van der Waals surface area (Å²) < 4.78 is 5.35. The van der Waals surface area contributed by atoms with Crippen molar-refractivity contribution >= 4 is 6.01 Å². The maximum Gasteiger partial charge on any atom is 0.297 e. The van der Waals surface area contributed by atoms with Gasteiger partial charge in [-0.2, -0.15) is 4.98 Å². The van der Waals surface area contributed by atoms with Gasteiger partial charge in [-0.3, -0.25) is 0 Å². The van der Waals surface area contributed by atoms with Crippen molar-refractivity contribution < 1.29 is 9.52 Å². The third kappa shape index (κ3) is 2.38. The van der Waals surface area contributed by atoms with Crippen molar-refractivity contribution in [3.05, 3.63) is 12.0 Å². The van der Waals surface area contributed by atoms with E-state index in [1.807, 2.05) is 7.05 Å². The van der Waals surface area contributed by atoms with Gasteiger partial charge in [0.15, 0.2) is 0 Å². The summed E-state index contributed by atoms with van der Waals surface area (Å²) in [6, 6.07) is 1.16. The summed E-state index contributed by atoms with van der Waals surface area (Å²) in [5.41, 5.74) is 0.603. The molecule has 1 aliphatic rings. The van der Waals surface area contributed by atoms with Gasteiger partial charge in [-0.1, -0.05) is 6.92 Å². The van der Waals surface area contributed by atoms with Gasteiger partial charge in [-0.05, 0) is 31.6 Å². The lowest BCUT2D eigenvalue weighted by atomic mass is 9.87. The first-order valence-corrected chi connectivity index (χ1v) is 5.98. The zero-order chi connectivity index (χ0) is 11.5. The minimum atomic E-state index is -0.0565. The monoisotopic (exact) mass is 224 g/mol. The zero-order valence-electron chi connectivity index (χ0n) is 10.0. The topological polar surface area (TPSA) is 49.5 Å². The van der Waals surface area contributed by atoms with E-state index in [9.17, 15) is 0 Å². The molecule has 0 atom stereocenters. The molecule has 1 aromatic heterocycles. The van der Waals surface area contributed by atoms with Crippen LogP contribution >= 0.6 is 0 Å². The van der Waals surface area contributed by atoms with Gasteiger partial charge in [0.2, 0.25) is 0 Å². The average Bonchev–Trinajstić information content (AvgIpc) is 2.77. The second-order valence-corrected chi connectivity index (χ2v) is 4.80. The van der Waals surface area contributed by atoms with E-state index in [-0.39, 0.29) is 6.61 Å². The van der Waals surface area contributed by atoms with Crippen molar-refractivity contribution in [1.82, 2.24) is 4.98 Å². The molecule has 1 N–H and O–H groups in total. The van der Waals surface area contributed by atoms with Gasteiger partial charge < -0.3 is 14.4 Å². The predicted molar refractivity (Wildman–Crippen MR) is 62.2 cm³/mol. The largest absolute Gasteiger partial charge is 0.432 e. The number of aliphatic hydroxyl groups is 1. The van der Waals surface area contributed by atoms with E-state index in [0.29, 0.717) is 17.8 Å². The fraction of sp³-hybridized carbons (Fsp3) is 0.750. The van der Waals surface area contributed by atoms with E-state index in [2.05, 4.69) is 16.8 Å². The van der Waals surface area contributed by atoms with Crippen molar-refractivity contribution in [2.24, 2.45) is 5.92 Å². The molecule has 0 aliphatic heterocycles. The minimum Gasteiger partial charge on any atom is -0.432 e. The molecule has 1 aromatic rings. The number of nitrogens with zero attached hydrogens (tertiary/aromatic N) is 2. The third-order valence-corrected chi connectivity index (χ3v) is 3.54. The smallest absolute Gasteiger partial charge is 0.297 e. The molecular weight excluding hydrogens is 204 g/mol. The zero-order valence-corrected chi connectivity index (χ0v) is 10.0. The Bertz CT molecular complexity index is 330. The van der Waals surface area contributed by atoms with Gasteiger partial charge in [0.25, 0.3) is 6.01 Å². The van der Waals surface area contributed by atoms with E-state index in [1.54, 1.807) is 0 Å². The first-order valence-electron chi connectivity index (χ1n) is 5.98. The molecular formula is C12H20N2O2. The molecule has 90 valence electrons. The van der Waals surface area contributed by atoms with Gasteiger partial charge in [0.1, 0.15) is 12.0 Å². The average molecular weight is 224 g/mol. The van der Waals surface area contributed by atoms with Crippen LogP contribution in [0.3, 0.4) is 0 Å². The first-order chi connectivity index (χ1) is 7.70. The molecule has 4 heteroatoms. The molecule has 0 spiro atoms. The molecule has 0 aromatic carbocycles. The maximum absolute atomic E-state index is 8.94. The molecule has 16 heavy (non-hydrogen) atoms. The molecule has 1 fully saturated rings. The number of rotatable bonds is 3. The Morgan fingerprint density at radius 2 is 2.12 bits per heavy atom. The Hall–Kier alpha value is -1.03. The second kappa shape index (κ2) is 4.87. The van der Waals surface area contributed by atoms with Crippen LogP contribution in [0.4, 0.5) is 6.01 Å². The second-order valence-electron chi connectivity index (χ2n) is 4.80. The summed E-state index contributed by atoms with van der Waals surface area (Å²) in [5.74, 6) is 0.849. The molecule has 0 saturated heterocycles. The highest BCUT2D eigenvalue weighted by atomic mass is 16.4. The summed E-state index contributed by atoms with van der Waals surface area (Å²) in [6.45, 7) is 2.25. The molecule has 1 heterocycles. The summed E-state index contributed by atoms with van der Waals surface area (Å²) >= 11 is 0. The standard InChI is InChI=1S/C12H20N2O2/c1-9-3-5-11(6-4-9)14(2)12-13-10(7-15)8-16-12/h8-9,11,15H,3-7H2,1-2H3. The quantitative estimate of drug-likeness (QED) is 0.855. The van der Waals surface area contributed by atoms with Gasteiger partial charge >= 0.3 is 0 Å². The number of hydrogen-bond acceptors (Lipinski definition) is 4. The highest BCUT2D eigenvalue weighted by molar-refractivity contribution is 5.27. The first kappa shape index (κ1) is 11.5. The number of aromatic nitrogens is 1. The lowest BCUT2D eigenvalue weighted by molar-refractivity contribution is 0.276. The van der Waals surface area contributed by atoms with E-state index in [1.165, 1.54) is 31.9 Å². The van der Waals surface area contributed by atoms with Gasteiger partial charge in [-0.25, -0.2) is 0 Å². The Morgan fingerprint density at radius 1 is 1.44 bits per heavy atom. The lowest BCUT2D eigenvalue weighted by Gasteiger charge is -2.32. The van der Waals surface area contributed by atoms with Crippen molar-refractivity contribution in [1.29, 1.82) is 0 Å². The highest BCUT2D eigenvalue weighted by Crippen LogP contribution is 2.28. The molecule has 2 rings (SSSR count). The van der Waals surface area contributed by atoms with E-state index >= 15 is 0 Å². The van der Waals surface area contributed by atoms with Crippen LogP contribution in [-0.2, 0) is 6.61 Å². The predicted octanol–water partition coefficient (Wildman–Crippen LogP) is 2.18. The summed E-state index contributed by atoms with van der Waals surface area (Å²) in [6.07, 6.45) is 6.49. The van der Waals surface area contributed by atoms with Crippen LogP contribution in [0.15, 0.2) is 10.7 Å². The molecule has 0 bridgehead atoms. The van der Waals surface area contributed by atoms with E-state index in [4.69, 9.17) is 9.52 Å². The number of anilines is 1. The van der Waals surface area contributed by atoms with Crippen LogP contribution < -0.4 is 4.90 Å². The van der Waals surface area contributed by atoms with Crippen LogP contribution in [0, 0.1) is 5.92 Å². The number of aliphatic hydroxyl groups excluding tert-OH is 1. The molecule has 0 radical (unpaired) electrons. The van der Waals surface area contributed by atoms with Crippen molar-refractivity contribution in [3.8, 4) is 0 Å². The lowest BCUT2D eigenvalue weighted by Crippen LogP contribution is -2.35. The van der Waals surface area contributed by atoms with Crippen molar-refractivity contribution in [2.75, 3.05) is 11.9 Å². The SMILES string of the molecule is CC1CCC(N(C)c2nc(CO)co2)CC1. The van der Waals surface area contributed by atoms with E-state index in [0.717, 1.165) is 5.92 Å². The number of oxazole rings is 1. The van der Waals surface area contributed by atoms with Crippen LogP contribution in [0.25, 0.3) is 0 Å². The fourth-order valence-electron chi connectivity index (χ4n) is 2.32. The summed E-state index contributed by atoms with van der Waals surface area (Å²) in [5, 5.41) is 8.94. The van der Waals surface area contributed by atoms with E-state index < -0.39 is 0 Å². The highest BCUT2D eigenvalue weighted by Gasteiger charge is 2.24. The Morgan fingerprint density at radius 3 is 2.69 bits per heavy atom. The molecule has 1 saturated carbocycles.